The Hall–Kier alpha value is -1.39. The second-order valence-corrected chi connectivity index (χ2v) is 3.82. The number of hydrogen-bond acceptors (Lipinski definition) is 3. The van der Waals surface area contributed by atoms with E-state index in [9.17, 15) is 9.50 Å². The normalized spacial score (nSPS) is 12.8. The van der Waals surface area contributed by atoms with Crippen LogP contribution in [0.4, 0.5) is 4.39 Å². The molecule has 0 aliphatic rings. The van der Waals surface area contributed by atoms with Crippen molar-refractivity contribution in [3.63, 3.8) is 0 Å². The van der Waals surface area contributed by atoms with Gasteiger partial charge in [-0.2, -0.15) is 0 Å². The summed E-state index contributed by atoms with van der Waals surface area (Å²) in [5.74, 6) is -0.0867. The van der Waals surface area contributed by atoms with Gasteiger partial charge in [0.05, 0.1) is 5.02 Å². The predicted molar refractivity (Wildman–Crippen MR) is 57.5 cm³/mol. The van der Waals surface area contributed by atoms with Gasteiger partial charge >= 0.3 is 0 Å². The second kappa shape index (κ2) is 4.23. The first-order chi connectivity index (χ1) is 7.58. The molecule has 0 saturated heterocycles. The lowest BCUT2D eigenvalue weighted by atomic mass is 10.1. The van der Waals surface area contributed by atoms with Gasteiger partial charge in [0.1, 0.15) is 17.6 Å². The van der Waals surface area contributed by atoms with Crippen molar-refractivity contribution in [2.75, 3.05) is 0 Å². The maximum Gasteiger partial charge on any atom is 0.165 e. The zero-order valence-corrected chi connectivity index (χ0v) is 9.20. The fourth-order valence-corrected chi connectivity index (χ4v) is 1.52. The van der Waals surface area contributed by atoms with E-state index < -0.39 is 11.9 Å². The third-order valence-corrected chi connectivity index (χ3v) is 2.47. The lowest BCUT2D eigenvalue weighted by molar-refractivity contribution is 0.158. The van der Waals surface area contributed by atoms with Gasteiger partial charge < -0.3 is 9.63 Å². The number of rotatable bonds is 2. The Morgan fingerprint density at radius 1 is 1.44 bits per heavy atom. The molecule has 0 amide bonds. The quantitative estimate of drug-likeness (QED) is 0.878. The van der Waals surface area contributed by atoms with E-state index in [4.69, 9.17) is 16.1 Å². The van der Waals surface area contributed by atoms with Crippen molar-refractivity contribution in [1.29, 1.82) is 0 Å². The number of benzene rings is 1. The molecule has 5 heteroatoms. The van der Waals surface area contributed by atoms with E-state index in [1.165, 1.54) is 24.3 Å². The van der Waals surface area contributed by atoms with Crippen LogP contribution in [0.1, 0.15) is 18.8 Å². The Morgan fingerprint density at radius 2 is 2.19 bits per heavy atom. The summed E-state index contributed by atoms with van der Waals surface area (Å²) in [5.41, 5.74) is 0.845. The first-order valence-corrected chi connectivity index (χ1v) is 5.06. The minimum atomic E-state index is -0.756. The van der Waals surface area contributed by atoms with E-state index in [-0.39, 0.29) is 0 Å². The average molecular weight is 242 g/mol. The number of aromatic nitrogens is 1. The summed E-state index contributed by atoms with van der Waals surface area (Å²) < 4.78 is 17.9. The van der Waals surface area contributed by atoms with Gasteiger partial charge in [-0.05, 0) is 25.1 Å². The van der Waals surface area contributed by atoms with Crippen LogP contribution in [-0.2, 0) is 0 Å². The Morgan fingerprint density at radius 3 is 2.81 bits per heavy atom. The van der Waals surface area contributed by atoms with Gasteiger partial charge in [-0.3, -0.25) is 0 Å². The molecule has 1 unspecified atom stereocenters. The fourth-order valence-electron chi connectivity index (χ4n) is 1.31. The average Bonchev–Trinajstić information content (AvgIpc) is 2.70. The van der Waals surface area contributed by atoms with Gasteiger partial charge in [0.25, 0.3) is 0 Å². The zero-order valence-electron chi connectivity index (χ0n) is 8.45. The monoisotopic (exact) mass is 241 g/mol. The summed E-state index contributed by atoms with van der Waals surface area (Å²) in [6.07, 6.45) is -0.756. The summed E-state index contributed by atoms with van der Waals surface area (Å²) in [6, 6.07) is 5.52. The molecule has 2 rings (SSSR count). The van der Waals surface area contributed by atoms with Gasteiger partial charge in [-0.1, -0.05) is 16.8 Å². The van der Waals surface area contributed by atoms with Gasteiger partial charge in [0.15, 0.2) is 5.76 Å². The van der Waals surface area contributed by atoms with E-state index in [0.29, 0.717) is 22.0 Å². The molecule has 1 aromatic heterocycles. The SMILES string of the molecule is CC(O)c1cc(-c2cc(F)ccc2Cl)no1. The predicted octanol–water partition coefficient (Wildman–Crippen LogP) is 3.19. The summed E-state index contributed by atoms with van der Waals surface area (Å²) in [4.78, 5) is 0. The molecule has 0 radical (unpaired) electrons. The van der Waals surface area contributed by atoms with Crippen molar-refractivity contribution in [2.24, 2.45) is 0 Å². The number of aliphatic hydroxyl groups is 1. The third-order valence-electron chi connectivity index (χ3n) is 2.14. The highest BCUT2D eigenvalue weighted by molar-refractivity contribution is 6.33. The van der Waals surface area contributed by atoms with Gasteiger partial charge in [0.2, 0.25) is 0 Å². The van der Waals surface area contributed by atoms with Crippen molar-refractivity contribution in [3.05, 3.63) is 40.9 Å². The van der Waals surface area contributed by atoms with Crippen molar-refractivity contribution in [3.8, 4) is 11.3 Å². The maximum atomic E-state index is 13.0. The minimum absolute atomic E-state index is 0.315. The molecule has 16 heavy (non-hydrogen) atoms. The molecule has 0 aliphatic heterocycles. The van der Waals surface area contributed by atoms with Crippen molar-refractivity contribution in [1.82, 2.24) is 5.16 Å². The summed E-state index contributed by atoms with van der Waals surface area (Å²) in [6.45, 7) is 1.55. The molecule has 0 bridgehead atoms. The van der Waals surface area contributed by atoms with E-state index in [0.717, 1.165) is 0 Å². The van der Waals surface area contributed by atoms with Gasteiger partial charge in [-0.15, -0.1) is 0 Å². The Kier molecular flexibility index (Phi) is 2.94. The number of halogens is 2. The molecule has 0 saturated carbocycles. The Labute approximate surface area is 96.4 Å². The van der Waals surface area contributed by atoms with Gasteiger partial charge in [-0.25, -0.2) is 4.39 Å². The Bertz CT molecular complexity index is 510. The van der Waals surface area contributed by atoms with Crippen LogP contribution >= 0.6 is 11.6 Å². The zero-order chi connectivity index (χ0) is 11.7. The number of nitrogens with zero attached hydrogens (tertiary/aromatic N) is 1. The molecule has 1 N–H and O–H groups in total. The molecule has 84 valence electrons. The highest BCUT2D eigenvalue weighted by atomic mass is 35.5. The van der Waals surface area contributed by atoms with Crippen LogP contribution in [0.2, 0.25) is 5.02 Å². The summed E-state index contributed by atoms with van der Waals surface area (Å²) in [5, 5.41) is 13.4. The van der Waals surface area contributed by atoms with Crippen LogP contribution in [0.15, 0.2) is 28.8 Å². The van der Waals surface area contributed by atoms with E-state index in [1.807, 2.05) is 0 Å². The van der Waals surface area contributed by atoms with Crippen LogP contribution in [0, 0.1) is 5.82 Å². The van der Waals surface area contributed by atoms with E-state index in [2.05, 4.69) is 5.16 Å². The lowest BCUT2D eigenvalue weighted by Gasteiger charge is -1.99. The first kappa shape index (κ1) is 11.1. The van der Waals surface area contributed by atoms with Crippen LogP contribution in [0.3, 0.4) is 0 Å². The molecule has 0 aliphatic carbocycles. The molecule has 0 fully saturated rings. The molecule has 2 aromatic rings. The molecule has 1 heterocycles. The van der Waals surface area contributed by atoms with Crippen LogP contribution in [0.5, 0.6) is 0 Å². The maximum absolute atomic E-state index is 13.0. The number of aliphatic hydroxyl groups excluding tert-OH is 1. The minimum Gasteiger partial charge on any atom is -0.385 e. The second-order valence-electron chi connectivity index (χ2n) is 3.41. The molecular formula is C11H9ClFNO2. The van der Waals surface area contributed by atoms with Crippen LogP contribution in [0.25, 0.3) is 11.3 Å². The van der Waals surface area contributed by atoms with Crippen LogP contribution in [-0.4, -0.2) is 10.3 Å². The molecular weight excluding hydrogens is 233 g/mol. The summed E-state index contributed by atoms with van der Waals surface area (Å²) >= 11 is 5.91. The standard InChI is InChI=1S/C11H9ClFNO2/c1-6(15)11-5-10(14-16-11)8-4-7(13)2-3-9(8)12/h2-6,15H,1H3. The molecule has 1 aromatic carbocycles. The fraction of sp³-hybridized carbons (Fsp3) is 0.182. The molecule has 3 nitrogen and oxygen atoms in total. The Balaban J connectivity index is 2.46. The largest absolute Gasteiger partial charge is 0.385 e. The highest BCUT2D eigenvalue weighted by Gasteiger charge is 2.13. The topological polar surface area (TPSA) is 46.3 Å². The smallest absolute Gasteiger partial charge is 0.165 e. The van der Waals surface area contributed by atoms with E-state index >= 15 is 0 Å². The van der Waals surface area contributed by atoms with Crippen molar-refractivity contribution >= 4 is 11.6 Å². The van der Waals surface area contributed by atoms with Crippen molar-refractivity contribution < 1.29 is 14.0 Å². The lowest BCUT2D eigenvalue weighted by Crippen LogP contribution is -1.86. The highest BCUT2D eigenvalue weighted by Crippen LogP contribution is 2.29. The molecule has 1 atom stereocenters. The van der Waals surface area contributed by atoms with Gasteiger partial charge in [0, 0.05) is 11.6 Å². The van der Waals surface area contributed by atoms with E-state index in [1.54, 1.807) is 6.92 Å². The van der Waals surface area contributed by atoms with Crippen LogP contribution < -0.4 is 0 Å². The van der Waals surface area contributed by atoms with Crippen molar-refractivity contribution in [2.45, 2.75) is 13.0 Å². The number of hydrogen-bond donors (Lipinski definition) is 1. The first-order valence-electron chi connectivity index (χ1n) is 4.68. The summed E-state index contributed by atoms with van der Waals surface area (Å²) in [7, 11) is 0. The third kappa shape index (κ3) is 2.08. The molecule has 0 spiro atoms.